The maximum Gasteiger partial charge on any atom is 0.407 e. The monoisotopic (exact) mass is 381 g/mol. The Hall–Kier alpha value is -3.51. The molecule has 4 rings (SSSR count). The van der Waals surface area contributed by atoms with Gasteiger partial charge in [0.2, 0.25) is 0 Å². The molecule has 0 radical (unpaired) electrons. The molecule has 0 fully saturated rings. The molecule has 1 aliphatic rings. The summed E-state index contributed by atoms with van der Waals surface area (Å²) < 4.78 is 5.51. The molecule has 1 aliphatic carbocycles. The van der Waals surface area contributed by atoms with Crippen molar-refractivity contribution in [3.05, 3.63) is 94.5 Å². The molecule has 1 amide bonds. The molecule has 144 valence electrons. The lowest BCUT2D eigenvalue weighted by molar-refractivity contribution is 0.144. The number of carbonyl (C=O) groups is 1. The lowest BCUT2D eigenvalue weighted by Crippen LogP contribution is -2.26. The predicted octanol–water partition coefficient (Wildman–Crippen LogP) is 5.19. The van der Waals surface area contributed by atoms with E-state index in [1.54, 1.807) is 0 Å². The van der Waals surface area contributed by atoms with Gasteiger partial charge in [0.15, 0.2) is 0 Å². The summed E-state index contributed by atoms with van der Waals surface area (Å²) in [6.07, 6.45) is -0.443. The topological polar surface area (TPSA) is 38.3 Å². The smallest absolute Gasteiger partial charge is 0.407 e. The van der Waals surface area contributed by atoms with E-state index in [2.05, 4.69) is 67.4 Å². The van der Waals surface area contributed by atoms with Gasteiger partial charge in [0.05, 0.1) is 6.54 Å². The van der Waals surface area contributed by atoms with E-state index < -0.39 is 6.09 Å². The normalized spacial score (nSPS) is 11.8. The van der Waals surface area contributed by atoms with Crippen LogP contribution in [-0.4, -0.2) is 19.2 Å². The molecule has 29 heavy (non-hydrogen) atoms. The fraction of sp³-hybridized carbons (Fsp3) is 0.192. The van der Waals surface area contributed by atoms with Crippen LogP contribution in [-0.2, 0) is 4.74 Å². The van der Waals surface area contributed by atoms with Gasteiger partial charge < -0.3 is 10.1 Å². The maximum absolute atomic E-state index is 12.1. The van der Waals surface area contributed by atoms with E-state index in [1.807, 2.05) is 30.3 Å². The number of hydrogen-bond donors (Lipinski definition) is 1. The summed E-state index contributed by atoms with van der Waals surface area (Å²) in [5.74, 6) is 6.11. The Balaban J connectivity index is 1.35. The molecular formula is C26H23NO2. The Morgan fingerprint density at radius 3 is 2.24 bits per heavy atom. The van der Waals surface area contributed by atoms with Crippen LogP contribution in [0.1, 0.15) is 33.7 Å². The van der Waals surface area contributed by atoms with Crippen LogP contribution in [0.4, 0.5) is 4.79 Å². The number of aryl methyl sites for hydroxylation is 2. The molecule has 3 heteroatoms. The number of nitrogens with one attached hydrogen (secondary N) is 1. The van der Waals surface area contributed by atoms with Crippen LogP contribution in [0.2, 0.25) is 0 Å². The number of benzene rings is 3. The Labute approximate surface area is 171 Å². The van der Waals surface area contributed by atoms with Crippen molar-refractivity contribution in [2.75, 3.05) is 13.2 Å². The van der Waals surface area contributed by atoms with Gasteiger partial charge in [0, 0.05) is 11.5 Å². The van der Waals surface area contributed by atoms with Crippen LogP contribution in [0.3, 0.4) is 0 Å². The Kier molecular flexibility index (Phi) is 5.35. The highest BCUT2D eigenvalue weighted by Crippen LogP contribution is 2.44. The Morgan fingerprint density at radius 2 is 1.59 bits per heavy atom. The van der Waals surface area contributed by atoms with Crippen LogP contribution in [0.25, 0.3) is 11.1 Å². The first-order chi connectivity index (χ1) is 14.1. The molecule has 0 unspecified atom stereocenters. The van der Waals surface area contributed by atoms with Crippen molar-refractivity contribution in [1.29, 1.82) is 0 Å². The van der Waals surface area contributed by atoms with E-state index in [0.29, 0.717) is 6.61 Å². The molecule has 3 aromatic rings. The molecule has 0 aliphatic heterocycles. The number of ether oxygens (including phenoxy) is 1. The lowest BCUT2D eigenvalue weighted by Gasteiger charge is -2.14. The summed E-state index contributed by atoms with van der Waals surface area (Å²) in [5.41, 5.74) is 8.25. The van der Waals surface area contributed by atoms with Gasteiger partial charge in [-0.25, -0.2) is 4.79 Å². The minimum absolute atomic E-state index is 0.0646. The lowest BCUT2D eigenvalue weighted by atomic mass is 9.98. The molecule has 0 atom stereocenters. The van der Waals surface area contributed by atoms with Crippen LogP contribution >= 0.6 is 0 Å². The highest BCUT2D eigenvalue weighted by Gasteiger charge is 2.28. The molecule has 0 bridgehead atoms. The zero-order valence-corrected chi connectivity index (χ0v) is 16.7. The molecule has 0 aromatic heterocycles. The molecule has 0 heterocycles. The van der Waals surface area contributed by atoms with Gasteiger partial charge in [-0.2, -0.15) is 0 Å². The zero-order valence-electron chi connectivity index (χ0n) is 16.7. The SMILES string of the molecule is Cc1ccc(C#CCNC(=O)OCC2c3ccccc3-c3ccccc32)cc1C. The van der Waals surface area contributed by atoms with Crippen molar-refractivity contribution in [3.8, 4) is 23.0 Å². The summed E-state index contributed by atoms with van der Waals surface area (Å²) in [6.45, 7) is 4.70. The summed E-state index contributed by atoms with van der Waals surface area (Å²) in [5, 5.41) is 2.72. The number of amides is 1. The van der Waals surface area contributed by atoms with Crippen LogP contribution in [0.15, 0.2) is 66.7 Å². The second kappa shape index (κ2) is 8.24. The largest absolute Gasteiger partial charge is 0.449 e. The van der Waals surface area contributed by atoms with Gasteiger partial charge in [-0.05, 0) is 59.4 Å². The molecule has 0 saturated carbocycles. The minimum Gasteiger partial charge on any atom is -0.449 e. The van der Waals surface area contributed by atoms with Crippen molar-refractivity contribution in [2.24, 2.45) is 0 Å². The van der Waals surface area contributed by atoms with Gasteiger partial charge in [0.25, 0.3) is 0 Å². The van der Waals surface area contributed by atoms with Crippen molar-refractivity contribution >= 4 is 6.09 Å². The molecule has 1 N–H and O–H groups in total. The number of rotatable bonds is 3. The van der Waals surface area contributed by atoms with Gasteiger partial charge >= 0.3 is 6.09 Å². The second-order valence-corrected chi connectivity index (χ2v) is 7.28. The molecule has 0 saturated heterocycles. The maximum atomic E-state index is 12.1. The van der Waals surface area contributed by atoms with E-state index in [-0.39, 0.29) is 12.5 Å². The first kappa shape index (κ1) is 18.8. The summed E-state index contributed by atoms with van der Waals surface area (Å²) in [7, 11) is 0. The van der Waals surface area contributed by atoms with Gasteiger partial charge in [0.1, 0.15) is 6.61 Å². The predicted molar refractivity (Wildman–Crippen MR) is 116 cm³/mol. The Bertz CT molecular complexity index is 1080. The fourth-order valence-corrected chi connectivity index (χ4v) is 3.73. The quantitative estimate of drug-likeness (QED) is 0.634. The third kappa shape index (κ3) is 4.02. The van der Waals surface area contributed by atoms with Crippen molar-refractivity contribution < 1.29 is 9.53 Å². The third-order valence-electron chi connectivity index (χ3n) is 5.40. The van der Waals surface area contributed by atoms with E-state index in [4.69, 9.17) is 4.74 Å². The summed E-state index contributed by atoms with van der Waals surface area (Å²) in [4.78, 5) is 12.1. The van der Waals surface area contributed by atoms with Gasteiger partial charge in [-0.15, -0.1) is 0 Å². The first-order valence-electron chi connectivity index (χ1n) is 9.78. The molecule has 3 aromatic carbocycles. The zero-order chi connectivity index (χ0) is 20.2. The van der Waals surface area contributed by atoms with Crippen molar-refractivity contribution in [1.82, 2.24) is 5.32 Å². The van der Waals surface area contributed by atoms with E-state index in [1.165, 1.54) is 33.4 Å². The van der Waals surface area contributed by atoms with Gasteiger partial charge in [-0.3, -0.25) is 0 Å². The summed E-state index contributed by atoms with van der Waals surface area (Å²) in [6, 6.07) is 22.7. The molecule has 3 nitrogen and oxygen atoms in total. The number of hydrogen-bond acceptors (Lipinski definition) is 2. The fourth-order valence-electron chi connectivity index (χ4n) is 3.73. The molecule has 0 spiro atoms. The summed E-state index contributed by atoms with van der Waals surface area (Å²) >= 11 is 0. The average molecular weight is 381 g/mol. The number of alkyl carbamates (subject to hydrolysis) is 1. The third-order valence-corrected chi connectivity index (χ3v) is 5.40. The highest BCUT2D eigenvalue weighted by molar-refractivity contribution is 5.79. The standard InChI is InChI=1S/C26H23NO2/c1-18-13-14-20(16-19(18)2)8-7-15-27-26(28)29-17-25-23-11-5-3-9-21(23)22-10-4-6-12-24(22)25/h3-6,9-14,16,25H,15,17H2,1-2H3,(H,27,28). The minimum atomic E-state index is -0.443. The van der Waals surface area contributed by atoms with Crippen LogP contribution in [0.5, 0.6) is 0 Å². The van der Waals surface area contributed by atoms with E-state index in [0.717, 1.165) is 5.56 Å². The molecular weight excluding hydrogens is 358 g/mol. The average Bonchev–Trinajstić information content (AvgIpc) is 3.06. The Morgan fingerprint density at radius 1 is 0.931 bits per heavy atom. The van der Waals surface area contributed by atoms with Crippen molar-refractivity contribution in [3.63, 3.8) is 0 Å². The number of carbonyl (C=O) groups excluding carboxylic acids is 1. The van der Waals surface area contributed by atoms with E-state index in [9.17, 15) is 4.79 Å². The van der Waals surface area contributed by atoms with Gasteiger partial charge in [-0.1, -0.05) is 66.4 Å². The van der Waals surface area contributed by atoms with Crippen LogP contribution < -0.4 is 5.32 Å². The highest BCUT2D eigenvalue weighted by atomic mass is 16.5. The van der Waals surface area contributed by atoms with Crippen molar-refractivity contribution in [2.45, 2.75) is 19.8 Å². The van der Waals surface area contributed by atoms with E-state index >= 15 is 0 Å². The number of fused-ring (bicyclic) bond motifs is 3. The first-order valence-corrected chi connectivity index (χ1v) is 9.78. The van der Waals surface area contributed by atoms with Crippen LogP contribution in [0, 0.1) is 25.7 Å². The second-order valence-electron chi connectivity index (χ2n) is 7.28.